The van der Waals surface area contributed by atoms with Crippen molar-refractivity contribution in [3.63, 3.8) is 0 Å². The Labute approximate surface area is 121 Å². The van der Waals surface area contributed by atoms with E-state index in [0.29, 0.717) is 5.75 Å². The third-order valence-corrected chi connectivity index (χ3v) is 4.13. The molecule has 0 unspecified atom stereocenters. The number of benzene rings is 1. The van der Waals surface area contributed by atoms with Gasteiger partial charge in [-0.1, -0.05) is 6.07 Å². The topological polar surface area (TPSA) is 24.5 Å². The second-order valence-corrected chi connectivity index (χ2v) is 5.58. The van der Waals surface area contributed by atoms with Gasteiger partial charge in [-0.15, -0.1) is 0 Å². The van der Waals surface area contributed by atoms with E-state index in [4.69, 9.17) is 4.74 Å². The standard InChI is InChI=1S/C16H25FN2O/c1-18-8-5-13-6-9-19(10-7-13)12-14-3-4-16(20-2)15(17)11-14/h3-4,11,13,18H,5-10,12H2,1-2H3. The monoisotopic (exact) mass is 280 g/mol. The van der Waals surface area contributed by atoms with Crippen molar-refractivity contribution in [1.82, 2.24) is 10.2 Å². The summed E-state index contributed by atoms with van der Waals surface area (Å²) in [6, 6.07) is 5.26. The van der Waals surface area contributed by atoms with Crippen LogP contribution in [0.5, 0.6) is 5.75 Å². The van der Waals surface area contributed by atoms with E-state index in [2.05, 4.69) is 10.2 Å². The van der Waals surface area contributed by atoms with E-state index in [-0.39, 0.29) is 5.82 Å². The lowest BCUT2D eigenvalue weighted by atomic mass is 9.93. The minimum absolute atomic E-state index is 0.270. The first-order valence-electron chi connectivity index (χ1n) is 7.42. The number of methoxy groups -OCH3 is 1. The van der Waals surface area contributed by atoms with Crippen molar-refractivity contribution in [2.24, 2.45) is 5.92 Å². The van der Waals surface area contributed by atoms with Gasteiger partial charge in [0.15, 0.2) is 11.6 Å². The summed E-state index contributed by atoms with van der Waals surface area (Å²) in [5.41, 5.74) is 1.02. The van der Waals surface area contributed by atoms with Crippen molar-refractivity contribution in [2.75, 3.05) is 33.8 Å². The van der Waals surface area contributed by atoms with Crippen LogP contribution in [-0.2, 0) is 6.54 Å². The van der Waals surface area contributed by atoms with E-state index >= 15 is 0 Å². The number of likely N-dealkylation sites (tertiary alicyclic amines) is 1. The summed E-state index contributed by atoms with van der Waals surface area (Å²) in [5.74, 6) is 0.889. The molecule has 1 aliphatic heterocycles. The Morgan fingerprint density at radius 3 is 2.70 bits per heavy atom. The largest absolute Gasteiger partial charge is 0.494 e. The molecule has 1 aromatic rings. The molecule has 1 N–H and O–H groups in total. The normalized spacial score (nSPS) is 17.4. The molecule has 1 aliphatic rings. The van der Waals surface area contributed by atoms with Crippen LogP contribution in [0.15, 0.2) is 18.2 Å². The molecule has 0 radical (unpaired) electrons. The minimum atomic E-state index is -0.270. The highest BCUT2D eigenvalue weighted by atomic mass is 19.1. The van der Waals surface area contributed by atoms with Crippen molar-refractivity contribution in [3.05, 3.63) is 29.6 Å². The first-order valence-corrected chi connectivity index (χ1v) is 7.42. The SMILES string of the molecule is CNCCC1CCN(Cc2ccc(OC)c(F)c2)CC1. The third kappa shape index (κ3) is 4.18. The number of nitrogens with zero attached hydrogens (tertiary/aromatic N) is 1. The summed E-state index contributed by atoms with van der Waals surface area (Å²) >= 11 is 0. The van der Waals surface area contributed by atoms with E-state index in [0.717, 1.165) is 37.7 Å². The third-order valence-electron chi connectivity index (χ3n) is 4.13. The highest BCUT2D eigenvalue weighted by Gasteiger charge is 2.19. The van der Waals surface area contributed by atoms with E-state index in [1.807, 2.05) is 13.1 Å². The minimum Gasteiger partial charge on any atom is -0.494 e. The molecule has 0 aromatic heterocycles. The molecule has 0 atom stereocenters. The molecule has 1 aromatic carbocycles. The summed E-state index contributed by atoms with van der Waals surface area (Å²) in [6.07, 6.45) is 3.77. The summed E-state index contributed by atoms with van der Waals surface area (Å²) in [6.45, 7) is 4.16. The average Bonchev–Trinajstić information content (AvgIpc) is 2.47. The maximum Gasteiger partial charge on any atom is 0.165 e. The summed E-state index contributed by atoms with van der Waals surface area (Å²) in [4.78, 5) is 2.41. The second kappa shape index (κ2) is 7.60. The van der Waals surface area contributed by atoms with Crippen LogP contribution in [-0.4, -0.2) is 38.7 Å². The van der Waals surface area contributed by atoms with Crippen molar-refractivity contribution < 1.29 is 9.13 Å². The molecule has 0 spiro atoms. The molecule has 3 nitrogen and oxygen atoms in total. The number of halogens is 1. The molecular formula is C16H25FN2O. The molecule has 1 fully saturated rings. The molecule has 112 valence electrons. The maximum absolute atomic E-state index is 13.7. The van der Waals surface area contributed by atoms with Gasteiger partial charge in [0.25, 0.3) is 0 Å². The molecule has 1 saturated heterocycles. The van der Waals surface area contributed by atoms with Gasteiger partial charge in [0, 0.05) is 6.54 Å². The Hall–Kier alpha value is -1.13. The lowest BCUT2D eigenvalue weighted by Gasteiger charge is -2.32. The highest BCUT2D eigenvalue weighted by molar-refractivity contribution is 5.29. The molecule has 20 heavy (non-hydrogen) atoms. The van der Waals surface area contributed by atoms with Crippen molar-refractivity contribution in [3.8, 4) is 5.75 Å². The number of rotatable bonds is 6. The fourth-order valence-electron chi connectivity index (χ4n) is 2.85. The maximum atomic E-state index is 13.7. The predicted molar refractivity (Wildman–Crippen MR) is 79.5 cm³/mol. The quantitative estimate of drug-likeness (QED) is 0.867. The molecule has 2 rings (SSSR count). The summed E-state index contributed by atoms with van der Waals surface area (Å²) < 4.78 is 18.6. The van der Waals surface area contributed by atoms with Crippen LogP contribution < -0.4 is 10.1 Å². The van der Waals surface area contributed by atoms with Crippen LogP contribution in [0.25, 0.3) is 0 Å². The zero-order valence-corrected chi connectivity index (χ0v) is 12.5. The first-order chi connectivity index (χ1) is 9.72. The Morgan fingerprint density at radius 2 is 2.10 bits per heavy atom. The molecule has 1 heterocycles. The van der Waals surface area contributed by atoms with Gasteiger partial charge in [0.2, 0.25) is 0 Å². The Bertz CT molecular complexity index is 417. The fraction of sp³-hybridized carbons (Fsp3) is 0.625. The van der Waals surface area contributed by atoms with Gasteiger partial charge in [0.05, 0.1) is 7.11 Å². The molecule has 0 aliphatic carbocycles. The van der Waals surface area contributed by atoms with Gasteiger partial charge in [-0.05, 0) is 69.6 Å². The van der Waals surface area contributed by atoms with E-state index < -0.39 is 0 Å². The highest BCUT2D eigenvalue weighted by Crippen LogP contribution is 2.23. The van der Waals surface area contributed by atoms with Crippen molar-refractivity contribution in [2.45, 2.75) is 25.8 Å². The first kappa shape index (κ1) is 15.3. The fourth-order valence-corrected chi connectivity index (χ4v) is 2.85. The van der Waals surface area contributed by atoms with Gasteiger partial charge >= 0.3 is 0 Å². The van der Waals surface area contributed by atoms with Gasteiger partial charge in [-0.25, -0.2) is 4.39 Å². The zero-order valence-electron chi connectivity index (χ0n) is 12.5. The lowest BCUT2D eigenvalue weighted by molar-refractivity contribution is 0.172. The van der Waals surface area contributed by atoms with Crippen LogP contribution in [0.4, 0.5) is 4.39 Å². The molecule has 0 saturated carbocycles. The van der Waals surface area contributed by atoms with Crippen molar-refractivity contribution in [1.29, 1.82) is 0 Å². The van der Waals surface area contributed by atoms with Crippen LogP contribution in [0, 0.1) is 11.7 Å². The van der Waals surface area contributed by atoms with E-state index in [1.165, 1.54) is 26.4 Å². The van der Waals surface area contributed by atoms with Crippen LogP contribution >= 0.6 is 0 Å². The Balaban J connectivity index is 1.82. The van der Waals surface area contributed by atoms with E-state index in [1.54, 1.807) is 12.1 Å². The van der Waals surface area contributed by atoms with E-state index in [9.17, 15) is 4.39 Å². The molecule has 4 heteroatoms. The van der Waals surface area contributed by atoms with Gasteiger partial charge in [-0.3, -0.25) is 4.90 Å². The average molecular weight is 280 g/mol. The number of ether oxygens (including phenoxy) is 1. The van der Waals surface area contributed by atoms with Crippen LogP contribution in [0.1, 0.15) is 24.8 Å². The lowest BCUT2D eigenvalue weighted by Crippen LogP contribution is -2.34. The zero-order chi connectivity index (χ0) is 14.4. The molecular weight excluding hydrogens is 255 g/mol. The van der Waals surface area contributed by atoms with Gasteiger partial charge < -0.3 is 10.1 Å². The van der Waals surface area contributed by atoms with Crippen LogP contribution in [0.2, 0.25) is 0 Å². The van der Waals surface area contributed by atoms with Gasteiger partial charge in [0.1, 0.15) is 0 Å². The Morgan fingerprint density at radius 1 is 1.35 bits per heavy atom. The molecule has 0 amide bonds. The van der Waals surface area contributed by atoms with Crippen molar-refractivity contribution >= 4 is 0 Å². The second-order valence-electron chi connectivity index (χ2n) is 5.58. The smallest absolute Gasteiger partial charge is 0.165 e. The number of nitrogens with one attached hydrogen (secondary N) is 1. The Kier molecular flexibility index (Phi) is 5.80. The van der Waals surface area contributed by atoms with Gasteiger partial charge in [-0.2, -0.15) is 0 Å². The number of hydrogen-bond donors (Lipinski definition) is 1. The summed E-state index contributed by atoms with van der Waals surface area (Å²) in [7, 11) is 3.50. The number of hydrogen-bond acceptors (Lipinski definition) is 3. The summed E-state index contributed by atoms with van der Waals surface area (Å²) in [5, 5.41) is 3.22. The van der Waals surface area contributed by atoms with Crippen LogP contribution in [0.3, 0.4) is 0 Å². The number of piperidine rings is 1. The molecule has 0 bridgehead atoms. The predicted octanol–water partition coefficient (Wildman–Crippen LogP) is 2.66.